The second kappa shape index (κ2) is 8.16. The van der Waals surface area contributed by atoms with Crippen LogP contribution in [0.1, 0.15) is 22.1 Å². The summed E-state index contributed by atoms with van der Waals surface area (Å²) in [5.74, 6) is 1.05. The molecule has 136 valence electrons. The van der Waals surface area contributed by atoms with Gasteiger partial charge in [0.1, 0.15) is 5.75 Å². The van der Waals surface area contributed by atoms with E-state index >= 15 is 0 Å². The van der Waals surface area contributed by atoms with Gasteiger partial charge in [0.05, 0.1) is 13.2 Å². The molecule has 2 aromatic heterocycles. The lowest BCUT2D eigenvalue weighted by molar-refractivity contribution is 0.0933. The third kappa shape index (κ3) is 4.12. The number of carbonyl (C=O) groups is 1. The summed E-state index contributed by atoms with van der Waals surface area (Å²) < 4.78 is 10.5. The van der Waals surface area contributed by atoms with Crippen LogP contribution in [0.5, 0.6) is 5.75 Å². The number of benzene rings is 1. The van der Waals surface area contributed by atoms with E-state index in [-0.39, 0.29) is 17.6 Å². The Morgan fingerprint density at radius 3 is 2.69 bits per heavy atom. The van der Waals surface area contributed by atoms with Crippen LogP contribution in [0.2, 0.25) is 0 Å². The maximum atomic E-state index is 12.4. The molecule has 0 fully saturated rings. The van der Waals surface area contributed by atoms with Crippen LogP contribution < -0.4 is 10.1 Å². The van der Waals surface area contributed by atoms with E-state index < -0.39 is 0 Å². The van der Waals surface area contributed by atoms with Crippen molar-refractivity contribution in [3.8, 4) is 17.1 Å². The summed E-state index contributed by atoms with van der Waals surface area (Å²) in [7, 11) is 5.60. The fourth-order valence-corrected chi connectivity index (χ4v) is 3.32. The van der Waals surface area contributed by atoms with Crippen molar-refractivity contribution in [1.82, 2.24) is 15.4 Å². The van der Waals surface area contributed by atoms with Crippen LogP contribution in [0.25, 0.3) is 11.3 Å². The SMILES string of the molecule is COc1ccc(-c2cc(C(=O)NC[C@H](c3ccsc3)N(C)C)no2)cc1. The standard InChI is InChI=1S/C19H21N3O3S/c1-22(2)17(14-8-9-26-12-14)11-20-19(23)16-10-18(25-21-16)13-4-6-15(24-3)7-5-13/h4-10,12,17H,11H2,1-3H3,(H,20,23)/t17-/m1/s1. The largest absolute Gasteiger partial charge is 0.497 e. The number of amides is 1. The highest BCUT2D eigenvalue weighted by molar-refractivity contribution is 7.07. The Bertz CT molecular complexity index is 841. The second-order valence-electron chi connectivity index (χ2n) is 6.05. The van der Waals surface area contributed by atoms with Crippen molar-refractivity contribution in [2.75, 3.05) is 27.7 Å². The minimum Gasteiger partial charge on any atom is -0.497 e. The summed E-state index contributed by atoms with van der Waals surface area (Å²) in [6, 6.07) is 11.2. The lowest BCUT2D eigenvalue weighted by Gasteiger charge is -2.23. The van der Waals surface area contributed by atoms with Crippen molar-refractivity contribution in [2.45, 2.75) is 6.04 Å². The van der Waals surface area contributed by atoms with Crippen LogP contribution in [0, 0.1) is 0 Å². The molecule has 0 aliphatic heterocycles. The molecule has 0 bridgehead atoms. The molecule has 6 nitrogen and oxygen atoms in total. The molecule has 0 spiro atoms. The second-order valence-corrected chi connectivity index (χ2v) is 6.83. The van der Waals surface area contributed by atoms with Gasteiger partial charge in [-0.25, -0.2) is 0 Å². The summed E-state index contributed by atoms with van der Waals surface area (Å²) in [6.07, 6.45) is 0. The molecule has 1 N–H and O–H groups in total. The molecule has 1 amide bonds. The predicted octanol–water partition coefficient (Wildman–Crippen LogP) is 3.44. The van der Waals surface area contributed by atoms with Gasteiger partial charge in [-0.2, -0.15) is 11.3 Å². The van der Waals surface area contributed by atoms with Crippen LogP contribution in [-0.4, -0.2) is 43.7 Å². The normalized spacial score (nSPS) is 12.2. The molecule has 1 aromatic carbocycles. The average Bonchev–Trinajstić information content (AvgIpc) is 3.34. The first-order valence-corrected chi connectivity index (χ1v) is 9.10. The Morgan fingerprint density at radius 1 is 1.31 bits per heavy atom. The number of aromatic nitrogens is 1. The Kier molecular flexibility index (Phi) is 5.70. The van der Waals surface area contributed by atoms with E-state index in [2.05, 4.69) is 26.8 Å². The fraction of sp³-hybridized carbons (Fsp3) is 0.263. The van der Waals surface area contributed by atoms with Crippen LogP contribution in [-0.2, 0) is 0 Å². The van der Waals surface area contributed by atoms with E-state index in [0.717, 1.165) is 11.3 Å². The monoisotopic (exact) mass is 371 g/mol. The zero-order valence-electron chi connectivity index (χ0n) is 14.9. The first-order valence-electron chi connectivity index (χ1n) is 8.16. The number of hydrogen-bond acceptors (Lipinski definition) is 6. The topological polar surface area (TPSA) is 67.6 Å². The molecule has 0 unspecified atom stereocenters. The first kappa shape index (κ1) is 18.2. The van der Waals surface area contributed by atoms with Gasteiger partial charge in [0.25, 0.3) is 5.91 Å². The molecule has 0 saturated heterocycles. The first-order chi connectivity index (χ1) is 12.6. The zero-order chi connectivity index (χ0) is 18.5. The van der Waals surface area contributed by atoms with Gasteiger partial charge in [-0.1, -0.05) is 5.16 Å². The maximum absolute atomic E-state index is 12.4. The third-order valence-electron chi connectivity index (χ3n) is 4.12. The summed E-state index contributed by atoms with van der Waals surface area (Å²) in [4.78, 5) is 14.5. The van der Waals surface area contributed by atoms with Gasteiger partial charge < -0.3 is 19.5 Å². The Balaban J connectivity index is 1.66. The summed E-state index contributed by atoms with van der Waals surface area (Å²) >= 11 is 1.64. The molecule has 0 aliphatic rings. The number of nitrogens with one attached hydrogen (secondary N) is 1. The number of carbonyl (C=O) groups excluding carboxylic acids is 1. The molecule has 7 heteroatoms. The molecule has 3 rings (SSSR count). The quantitative estimate of drug-likeness (QED) is 0.689. The van der Waals surface area contributed by atoms with Gasteiger partial charge in [-0.05, 0) is 60.8 Å². The van der Waals surface area contributed by atoms with Gasteiger partial charge in [-0.15, -0.1) is 0 Å². The van der Waals surface area contributed by atoms with Crippen LogP contribution >= 0.6 is 11.3 Å². The average molecular weight is 371 g/mol. The van der Waals surface area contributed by atoms with Gasteiger partial charge in [0.15, 0.2) is 11.5 Å². The highest BCUT2D eigenvalue weighted by Gasteiger charge is 2.18. The number of methoxy groups -OCH3 is 1. The van der Waals surface area contributed by atoms with Crippen molar-refractivity contribution in [1.29, 1.82) is 0 Å². The van der Waals surface area contributed by atoms with Crippen molar-refractivity contribution in [3.63, 3.8) is 0 Å². The van der Waals surface area contributed by atoms with Crippen molar-refractivity contribution >= 4 is 17.2 Å². The smallest absolute Gasteiger partial charge is 0.273 e. The number of likely N-dealkylation sites (N-methyl/N-ethyl adjacent to an activating group) is 1. The Labute approximate surface area is 156 Å². The van der Waals surface area contributed by atoms with E-state index in [1.807, 2.05) is 43.7 Å². The van der Waals surface area contributed by atoms with E-state index in [1.54, 1.807) is 24.5 Å². The third-order valence-corrected chi connectivity index (χ3v) is 4.83. The highest BCUT2D eigenvalue weighted by Crippen LogP contribution is 2.23. The molecular weight excluding hydrogens is 350 g/mol. The van der Waals surface area contributed by atoms with Gasteiger partial charge >= 0.3 is 0 Å². The van der Waals surface area contributed by atoms with Crippen molar-refractivity contribution in [2.24, 2.45) is 0 Å². The van der Waals surface area contributed by atoms with Gasteiger partial charge in [-0.3, -0.25) is 4.79 Å². The van der Waals surface area contributed by atoms with Crippen molar-refractivity contribution in [3.05, 3.63) is 58.4 Å². The van der Waals surface area contributed by atoms with E-state index in [1.165, 1.54) is 5.56 Å². The predicted molar refractivity (Wildman–Crippen MR) is 102 cm³/mol. The Morgan fingerprint density at radius 2 is 2.08 bits per heavy atom. The van der Waals surface area contributed by atoms with E-state index in [4.69, 9.17) is 9.26 Å². The maximum Gasteiger partial charge on any atom is 0.273 e. The van der Waals surface area contributed by atoms with E-state index in [9.17, 15) is 4.79 Å². The minimum atomic E-state index is -0.254. The molecular formula is C19H21N3O3S. The minimum absolute atomic E-state index is 0.109. The summed E-state index contributed by atoms with van der Waals surface area (Å²) in [5, 5.41) is 11.0. The lowest BCUT2D eigenvalue weighted by atomic mass is 10.1. The fourth-order valence-electron chi connectivity index (χ4n) is 2.62. The van der Waals surface area contributed by atoms with Crippen LogP contribution in [0.4, 0.5) is 0 Å². The highest BCUT2D eigenvalue weighted by atomic mass is 32.1. The summed E-state index contributed by atoms with van der Waals surface area (Å²) in [5.41, 5.74) is 2.28. The summed E-state index contributed by atoms with van der Waals surface area (Å²) in [6.45, 7) is 0.493. The number of nitrogens with zero attached hydrogens (tertiary/aromatic N) is 2. The van der Waals surface area contributed by atoms with Crippen molar-refractivity contribution < 1.29 is 14.1 Å². The van der Waals surface area contributed by atoms with E-state index in [0.29, 0.717) is 12.3 Å². The van der Waals surface area contributed by atoms with Gasteiger partial charge in [0.2, 0.25) is 0 Å². The number of rotatable bonds is 7. The zero-order valence-corrected chi connectivity index (χ0v) is 15.7. The molecule has 0 radical (unpaired) electrons. The lowest BCUT2D eigenvalue weighted by Crippen LogP contribution is -2.34. The molecule has 2 heterocycles. The molecule has 0 saturated carbocycles. The van der Waals surface area contributed by atoms with Crippen LogP contribution in [0.3, 0.4) is 0 Å². The Hall–Kier alpha value is -2.64. The van der Waals surface area contributed by atoms with Crippen LogP contribution in [0.15, 0.2) is 51.7 Å². The molecule has 1 atom stereocenters. The number of ether oxygens (including phenoxy) is 1. The molecule has 0 aliphatic carbocycles. The number of hydrogen-bond donors (Lipinski definition) is 1. The molecule has 26 heavy (non-hydrogen) atoms. The molecule has 3 aromatic rings. The van der Waals surface area contributed by atoms with Gasteiger partial charge in [0, 0.05) is 18.2 Å². The number of thiophene rings is 1.